The second-order valence-corrected chi connectivity index (χ2v) is 6.12. The number of nitrogens with zero attached hydrogens (tertiary/aromatic N) is 1. The number of hydrogen-bond acceptors (Lipinski definition) is 4. The molecular weight excluding hydrogens is 289 g/mol. The minimum atomic E-state index is -1.87. The Labute approximate surface area is 117 Å². The Morgan fingerprint density at radius 3 is 2.55 bits per heavy atom. The van der Waals surface area contributed by atoms with Gasteiger partial charge in [-0.15, -0.1) is 0 Å². The summed E-state index contributed by atoms with van der Waals surface area (Å²) in [6, 6.07) is 2.82. The minimum absolute atomic E-state index is 0.0692. The van der Waals surface area contributed by atoms with E-state index in [9.17, 15) is 23.5 Å². The average Bonchev–Trinajstić information content (AvgIpc) is 2.26. The average molecular weight is 303 g/mol. The Morgan fingerprint density at radius 2 is 2.10 bits per heavy atom. The summed E-state index contributed by atoms with van der Waals surface area (Å²) in [4.78, 5) is 21.2. The zero-order valence-corrected chi connectivity index (χ0v) is 11.7. The van der Waals surface area contributed by atoms with E-state index < -0.39 is 38.7 Å². The van der Waals surface area contributed by atoms with Gasteiger partial charge < -0.3 is 5.11 Å². The van der Waals surface area contributed by atoms with Gasteiger partial charge in [-0.3, -0.25) is 19.1 Å². The van der Waals surface area contributed by atoms with Crippen molar-refractivity contribution in [3.05, 3.63) is 39.7 Å². The summed E-state index contributed by atoms with van der Waals surface area (Å²) in [6.45, 7) is 3.19. The van der Waals surface area contributed by atoms with Crippen molar-refractivity contribution in [2.75, 3.05) is 0 Å². The zero-order chi connectivity index (χ0) is 15.4. The Kier molecular flexibility index (Phi) is 5.32. The van der Waals surface area contributed by atoms with Gasteiger partial charge in [-0.05, 0) is 18.1 Å². The van der Waals surface area contributed by atoms with Crippen LogP contribution in [0.3, 0.4) is 0 Å². The van der Waals surface area contributed by atoms with Crippen LogP contribution in [-0.2, 0) is 21.3 Å². The van der Waals surface area contributed by atoms with Gasteiger partial charge in [-0.2, -0.15) is 0 Å². The highest BCUT2D eigenvalue weighted by molar-refractivity contribution is 7.85. The van der Waals surface area contributed by atoms with Crippen LogP contribution in [0.5, 0.6) is 0 Å². The summed E-state index contributed by atoms with van der Waals surface area (Å²) in [5.74, 6) is -2.71. The van der Waals surface area contributed by atoms with Crippen molar-refractivity contribution in [1.29, 1.82) is 0 Å². The second kappa shape index (κ2) is 6.56. The summed E-state index contributed by atoms with van der Waals surface area (Å²) in [5, 5.41) is 18.7. The maximum Gasteiger partial charge on any atom is 0.319 e. The van der Waals surface area contributed by atoms with Gasteiger partial charge in [0.15, 0.2) is 0 Å². The number of nitro benzene ring substituents is 1. The molecule has 2 unspecified atom stereocenters. The SMILES string of the molecule is CC(C)C(C(=O)O)S(=O)Cc1cc(F)ccc1[N+](=O)[O-]. The van der Waals surface area contributed by atoms with Crippen LogP contribution in [0, 0.1) is 21.8 Å². The Bertz CT molecular complexity index is 561. The smallest absolute Gasteiger partial charge is 0.319 e. The van der Waals surface area contributed by atoms with Crippen LogP contribution in [0.2, 0.25) is 0 Å². The van der Waals surface area contributed by atoms with Crippen molar-refractivity contribution in [3.8, 4) is 0 Å². The monoisotopic (exact) mass is 303 g/mol. The Balaban J connectivity index is 3.09. The Morgan fingerprint density at radius 1 is 1.50 bits per heavy atom. The molecule has 0 aliphatic carbocycles. The number of benzene rings is 1. The van der Waals surface area contributed by atoms with Crippen LogP contribution in [0.25, 0.3) is 0 Å². The van der Waals surface area contributed by atoms with Gasteiger partial charge in [0.1, 0.15) is 11.1 Å². The molecule has 0 amide bonds. The first-order chi connectivity index (χ1) is 9.23. The third kappa shape index (κ3) is 3.83. The third-order valence-electron chi connectivity index (χ3n) is 2.67. The molecule has 0 radical (unpaired) electrons. The van der Waals surface area contributed by atoms with Crippen molar-refractivity contribution in [2.45, 2.75) is 24.9 Å². The number of hydrogen-bond donors (Lipinski definition) is 1. The zero-order valence-electron chi connectivity index (χ0n) is 10.9. The summed E-state index contributed by atoms with van der Waals surface area (Å²) >= 11 is 0. The van der Waals surface area contributed by atoms with E-state index in [1.165, 1.54) is 0 Å². The van der Waals surface area contributed by atoms with Crippen molar-refractivity contribution >= 4 is 22.5 Å². The maximum absolute atomic E-state index is 13.1. The molecule has 20 heavy (non-hydrogen) atoms. The fourth-order valence-corrected chi connectivity index (χ4v) is 3.34. The molecule has 0 spiro atoms. The summed E-state index contributed by atoms with van der Waals surface area (Å²) < 4.78 is 25.2. The van der Waals surface area contributed by atoms with Gasteiger partial charge >= 0.3 is 5.97 Å². The lowest BCUT2D eigenvalue weighted by molar-refractivity contribution is -0.385. The molecule has 2 atom stereocenters. The van der Waals surface area contributed by atoms with Crippen LogP contribution in [0.15, 0.2) is 18.2 Å². The van der Waals surface area contributed by atoms with E-state index in [0.717, 1.165) is 18.2 Å². The predicted octanol–water partition coefficient (Wildman–Crippen LogP) is 2.09. The molecule has 110 valence electrons. The number of halogens is 1. The van der Waals surface area contributed by atoms with Crippen molar-refractivity contribution < 1.29 is 23.4 Å². The molecular formula is C12H14FNO5S. The fourth-order valence-electron chi connectivity index (χ4n) is 1.79. The molecule has 0 aromatic heterocycles. The van der Waals surface area contributed by atoms with Crippen LogP contribution in [0.1, 0.15) is 19.4 Å². The molecule has 1 aromatic carbocycles. The van der Waals surface area contributed by atoms with Crippen LogP contribution < -0.4 is 0 Å². The molecule has 0 aliphatic heterocycles. The molecule has 8 heteroatoms. The van der Waals surface area contributed by atoms with E-state index in [-0.39, 0.29) is 17.0 Å². The molecule has 0 fully saturated rings. The van der Waals surface area contributed by atoms with Gasteiger partial charge in [-0.25, -0.2) is 4.39 Å². The number of carboxylic acids is 1. The molecule has 0 saturated carbocycles. The van der Waals surface area contributed by atoms with E-state index in [4.69, 9.17) is 5.11 Å². The van der Waals surface area contributed by atoms with Gasteiger partial charge in [0.2, 0.25) is 0 Å². The quantitative estimate of drug-likeness (QED) is 0.641. The summed E-state index contributed by atoms with van der Waals surface area (Å²) in [6.07, 6.45) is 0. The van der Waals surface area contributed by atoms with E-state index in [1.807, 2.05) is 0 Å². The van der Waals surface area contributed by atoms with Crippen LogP contribution in [-0.4, -0.2) is 25.5 Å². The highest BCUT2D eigenvalue weighted by Gasteiger charge is 2.29. The lowest BCUT2D eigenvalue weighted by Gasteiger charge is -2.15. The van der Waals surface area contributed by atoms with E-state index in [2.05, 4.69) is 0 Å². The van der Waals surface area contributed by atoms with Crippen LogP contribution >= 0.6 is 0 Å². The highest BCUT2D eigenvalue weighted by atomic mass is 32.2. The number of carbonyl (C=O) groups is 1. The standard InChI is InChI=1S/C12H14FNO5S/c1-7(2)11(12(15)16)20(19)6-8-5-9(13)3-4-10(8)14(17)18/h3-5,7,11H,6H2,1-2H3,(H,15,16). The van der Waals surface area contributed by atoms with E-state index in [0.29, 0.717) is 0 Å². The van der Waals surface area contributed by atoms with Gasteiger partial charge in [-0.1, -0.05) is 13.8 Å². The first kappa shape index (κ1) is 16.2. The lowest BCUT2D eigenvalue weighted by Crippen LogP contribution is -2.31. The normalized spacial score (nSPS) is 14.0. The van der Waals surface area contributed by atoms with Crippen molar-refractivity contribution in [3.63, 3.8) is 0 Å². The minimum Gasteiger partial charge on any atom is -0.480 e. The largest absolute Gasteiger partial charge is 0.480 e. The molecule has 0 saturated heterocycles. The number of rotatable bonds is 6. The molecule has 1 N–H and O–H groups in total. The molecule has 0 aliphatic rings. The maximum atomic E-state index is 13.1. The molecule has 6 nitrogen and oxygen atoms in total. The first-order valence-corrected chi connectivity index (χ1v) is 7.15. The van der Waals surface area contributed by atoms with Crippen molar-refractivity contribution in [2.24, 2.45) is 5.92 Å². The fraction of sp³-hybridized carbons (Fsp3) is 0.417. The second-order valence-electron chi connectivity index (χ2n) is 4.56. The first-order valence-electron chi connectivity index (χ1n) is 5.76. The highest BCUT2D eigenvalue weighted by Crippen LogP contribution is 2.23. The van der Waals surface area contributed by atoms with E-state index >= 15 is 0 Å². The molecule has 0 bridgehead atoms. The van der Waals surface area contributed by atoms with Gasteiger partial charge in [0.25, 0.3) is 5.69 Å². The van der Waals surface area contributed by atoms with Crippen molar-refractivity contribution in [1.82, 2.24) is 0 Å². The predicted molar refractivity (Wildman–Crippen MR) is 71.2 cm³/mol. The third-order valence-corrected chi connectivity index (χ3v) is 4.58. The summed E-state index contributed by atoms with van der Waals surface area (Å²) in [5.41, 5.74) is -0.437. The molecule has 1 rings (SSSR count). The lowest BCUT2D eigenvalue weighted by atomic mass is 10.1. The number of aliphatic carboxylic acids is 1. The number of carboxylic acid groups (broad SMARTS) is 1. The molecule has 1 aromatic rings. The Hall–Kier alpha value is -1.83. The topological polar surface area (TPSA) is 97.5 Å². The van der Waals surface area contributed by atoms with E-state index in [1.54, 1.807) is 13.8 Å². The molecule has 0 heterocycles. The van der Waals surface area contributed by atoms with Gasteiger partial charge in [0.05, 0.1) is 10.7 Å². The number of nitro groups is 1. The summed E-state index contributed by atoms with van der Waals surface area (Å²) in [7, 11) is -1.87. The van der Waals surface area contributed by atoms with Gasteiger partial charge in [0, 0.05) is 22.4 Å². The van der Waals surface area contributed by atoms with Crippen LogP contribution in [0.4, 0.5) is 10.1 Å².